The monoisotopic (exact) mass is 217 g/mol. The topological polar surface area (TPSA) is 56.8 Å². The van der Waals surface area contributed by atoms with E-state index in [0.717, 1.165) is 43.8 Å². The van der Waals surface area contributed by atoms with Gasteiger partial charge < -0.3 is 5.32 Å². The molecule has 1 aliphatic rings. The normalized spacial score (nSPS) is 18.0. The standard InChI is InChI=1S/C11H15N5/c1-2-9(8-16-6-4-12-5-7-16)11-10(3-1)13-15-14-11/h1-3,12H,4-8H2,(H,13,14,15). The smallest absolute Gasteiger partial charge is 0.117 e. The molecular weight excluding hydrogens is 202 g/mol. The number of hydrogen-bond acceptors (Lipinski definition) is 4. The van der Waals surface area contributed by atoms with Gasteiger partial charge in [0, 0.05) is 32.7 Å². The highest BCUT2D eigenvalue weighted by molar-refractivity contribution is 5.77. The number of rotatable bonds is 2. The summed E-state index contributed by atoms with van der Waals surface area (Å²) in [4.78, 5) is 2.44. The molecule has 0 saturated carbocycles. The molecule has 1 aliphatic heterocycles. The molecule has 84 valence electrons. The first-order valence-electron chi connectivity index (χ1n) is 5.65. The van der Waals surface area contributed by atoms with Crippen molar-refractivity contribution in [3.05, 3.63) is 23.8 Å². The number of piperazine rings is 1. The summed E-state index contributed by atoms with van der Waals surface area (Å²) < 4.78 is 0. The van der Waals surface area contributed by atoms with E-state index in [1.807, 2.05) is 12.1 Å². The Labute approximate surface area is 93.8 Å². The SMILES string of the molecule is c1cc(CN2CCNCC2)c2n[nH]nc2c1. The molecule has 0 bridgehead atoms. The lowest BCUT2D eigenvalue weighted by molar-refractivity contribution is 0.234. The van der Waals surface area contributed by atoms with Gasteiger partial charge in [0.05, 0.1) is 0 Å². The van der Waals surface area contributed by atoms with Gasteiger partial charge in [0.25, 0.3) is 0 Å². The van der Waals surface area contributed by atoms with Crippen molar-refractivity contribution in [1.29, 1.82) is 0 Å². The number of aromatic nitrogens is 3. The van der Waals surface area contributed by atoms with Gasteiger partial charge in [-0.15, -0.1) is 0 Å². The van der Waals surface area contributed by atoms with Gasteiger partial charge in [0.1, 0.15) is 11.0 Å². The third kappa shape index (κ3) is 1.79. The molecule has 0 unspecified atom stereocenters. The first-order valence-corrected chi connectivity index (χ1v) is 5.65. The molecule has 0 spiro atoms. The van der Waals surface area contributed by atoms with Crippen LogP contribution in [0.15, 0.2) is 18.2 Å². The number of hydrogen-bond donors (Lipinski definition) is 2. The number of nitrogens with one attached hydrogen (secondary N) is 2. The Kier molecular flexibility index (Phi) is 2.55. The Hall–Kier alpha value is -1.46. The minimum atomic E-state index is 0.952. The average Bonchev–Trinajstić information content (AvgIpc) is 2.80. The lowest BCUT2D eigenvalue weighted by Gasteiger charge is -2.27. The zero-order chi connectivity index (χ0) is 10.8. The van der Waals surface area contributed by atoms with Gasteiger partial charge >= 0.3 is 0 Å². The van der Waals surface area contributed by atoms with E-state index in [4.69, 9.17) is 0 Å². The Balaban J connectivity index is 1.85. The third-order valence-corrected chi connectivity index (χ3v) is 3.03. The number of aromatic amines is 1. The molecule has 1 fully saturated rings. The van der Waals surface area contributed by atoms with Crippen molar-refractivity contribution in [2.75, 3.05) is 26.2 Å². The average molecular weight is 217 g/mol. The summed E-state index contributed by atoms with van der Waals surface area (Å²) in [6.45, 7) is 5.33. The van der Waals surface area contributed by atoms with Gasteiger partial charge in [-0.1, -0.05) is 12.1 Å². The van der Waals surface area contributed by atoms with Crippen molar-refractivity contribution in [2.24, 2.45) is 0 Å². The Bertz CT molecular complexity index is 472. The first kappa shape index (κ1) is 9.74. The number of fused-ring (bicyclic) bond motifs is 1. The van der Waals surface area contributed by atoms with Crippen molar-refractivity contribution in [3.63, 3.8) is 0 Å². The Morgan fingerprint density at radius 2 is 2.06 bits per heavy atom. The van der Waals surface area contributed by atoms with Gasteiger partial charge in [0.15, 0.2) is 0 Å². The highest BCUT2D eigenvalue weighted by atomic mass is 15.3. The van der Waals surface area contributed by atoms with Crippen LogP contribution in [0.25, 0.3) is 11.0 Å². The molecule has 0 amide bonds. The van der Waals surface area contributed by atoms with Crippen LogP contribution in [-0.2, 0) is 6.54 Å². The van der Waals surface area contributed by atoms with E-state index in [2.05, 4.69) is 31.7 Å². The number of benzene rings is 1. The van der Waals surface area contributed by atoms with Crippen LogP contribution in [0.1, 0.15) is 5.56 Å². The molecule has 1 saturated heterocycles. The van der Waals surface area contributed by atoms with Crippen molar-refractivity contribution >= 4 is 11.0 Å². The second-order valence-electron chi connectivity index (χ2n) is 4.13. The summed E-state index contributed by atoms with van der Waals surface area (Å²) in [5.74, 6) is 0. The first-order chi connectivity index (χ1) is 7.93. The van der Waals surface area contributed by atoms with Crippen LogP contribution in [0, 0.1) is 0 Å². The molecule has 0 atom stereocenters. The van der Waals surface area contributed by atoms with Crippen LogP contribution >= 0.6 is 0 Å². The summed E-state index contributed by atoms with van der Waals surface area (Å²) in [7, 11) is 0. The summed E-state index contributed by atoms with van der Waals surface area (Å²) in [5.41, 5.74) is 3.21. The van der Waals surface area contributed by atoms with Crippen LogP contribution in [-0.4, -0.2) is 46.5 Å². The second kappa shape index (κ2) is 4.19. The predicted molar refractivity (Wildman–Crippen MR) is 62.0 cm³/mol. The molecule has 2 N–H and O–H groups in total. The highest BCUT2D eigenvalue weighted by Gasteiger charge is 2.12. The molecule has 16 heavy (non-hydrogen) atoms. The number of H-pyrrole nitrogens is 1. The minimum absolute atomic E-state index is 0.952. The van der Waals surface area contributed by atoms with Gasteiger partial charge in [-0.25, -0.2) is 0 Å². The largest absolute Gasteiger partial charge is 0.314 e. The van der Waals surface area contributed by atoms with E-state index < -0.39 is 0 Å². The van der Waals surface area contributed by atoms with E-state index in [-0.39, 0.29) is 0 Å². The van der Waals surface area contributed by atoms with Crippen molar-refractivity contribution < 1.29 is 0 Å². The summed E-state index contributed by atoms with van der Waals surface area (Å²) in [6.07, 6.45) is 0. The molecule has 3 rings (SSSR count). The van der Waals surface area contributed by atoms with Crippen LogP contribution in [0.5, 0.6) is 0 Å². The number of para-hydroxylation sites is 1. The summed E-state index contributed by atoms with van der Waals surface area (Å²) in [5, 5.41) is 14.4. The van der Waals surface area contributed by atoms with Crippen molar-refractivity contribution in [3.8, 4) is 0 Å². The van der Waals surface area contributed by atoms with Gasteiger partial charge in [0.2, 0.25) is 0 Å². The maximum Gasteiger partial charge on any atom is 0.117 e. The zero-order valence-corrected chi connectivity index (χ0v) is 9.11. The van der Waals surface area contributed by atoms with Crippen LogP contribution < -0.4 is 5.32 Å². The molecule has 2 aromatic rings. The molecular formula is C11H15N5. The molecule has 0 radical (unpaired) electrons. The van der Waals surface area contributed by atoms with E-state index in [9.17, 15) is 0 Å². The van der Waals surface area contributed by atoms with Gasteiger partial charge in [-0.3, -0.25) is 4.90 Å². The Morgan fingerprint density at radius 3 is 2.94 bits per heavy atom. The summed E-state index contributed by atoms with van der Waals surface area (Å²) >= 11 is 0. The predicted octanol–water partition coefficient (Wildman–Crippen LogP) is 0.363. The van der Waals surface area contributed by atoms with Crippen LogP contribution in [0.4, 0.5) is 0 Å². The Morgan fingerprint density at radius 1 is 1.19 bits per heavy atom. The van der Waals surface area contributed by atoms with Crippen molar-refractivity contribution in [2.45, 2.75) is 6.54 Å². The highest BCUT2D eigenvalue weighted by Crippen LogP contribution is 2.15. The minimum Gasteiger partial charge on any atom is -0.314 e. The van der Waals surface area contributed by atoms with Crippen LogP contribution in [0.3, 0.4) is 0 Å². The summed E-state index contributed by atoms with van der Waals surface area (Å²) in [6, 6.07) is 6.16. The maximum atomic E-state index is 4.21. The molecule has 1 aromatic heterocycles. The van der Waals surface area contributed by atoms with E-state index in [1.54, 1.807) is 0 Å². The molecule has 0 aliphatic carbocycles. The van der Waals surface area contributed by atoms with E-state index >= 15 is 0 Å². The maximum absolute atomic E-state index is 4.21. The fraction of sp³-hybridized carbons (Fsp3) is 0.455. The fourth-order valence-corrected chi connectivity index (χ4v) is 2.16. The molecule has 2 heterocycles. The van der Waals surface area contributed by atoms with E-state index in [1.165, 1.54) is 5.56 Å². The zero-order valence-electron chi connectivity index (χ0n) is 9.11. The lowest BCUT2D eigenvalue weighted by Crippen LogP contribution is -2.42. The van der Waals surface area contributed by atoms with Crippen LogP contribution in [0.2, 0.25) is 0 Å². The fourth-order valence-electron chi connectivity index (χ4n) is 2.16. The van der Waals surface area contributed by atoms with Crippen molar-refractivity contribution in [1.82, 2.24) is 25.6 Å². The molecule has 5 heteroatoms. The second-order valence-corrected chi connectivity index (χ2v) is 4.13. The quantitative estimate of drug-likeness (QED) is 0.762. The molecule has 5 nitrogen and oxygen atoms in total. The lowest BCUT2D eigenvalue weighted by atomic mass is 10.1. The van der Waals surface area contributed by atoms with Gasteiger partial charge in [-0.2, -0.15) is 15.4 Å². The molecule has 1 aromatic carbocycles. The number of nitrogens with zero attached hydrogens (tertiary/aromatic N) is 3. The third-order valence-electron chi connectivity index (χ3n) is 3.03. The van der Waals surface area contributed by atoms with E-state index in [0.29, 0.717) is 0 Å². The van der Waals surface area contributed by atoms with Gasteiger partial charge in [-0.05, 0) is 11.6 Å².